The molecule has 3 aromatic rings. The molecule has 3 rings (SSSR count). The highest BCUT2D eigenvalue weighted by Crippen LogP contribution is 2.29. The van der Waals surface area contributed by atoms with Gasteiger partial charge in [0.25, 0.3) is 0 Å². The van der Waals surface area contributed by atoms with E-state index in [1.165, 1.54) is 11.3 Å². The average Bonchev–Trinajstić information content (AvgIpc) is 2.90. The molecule has 2 aromatic carbocycles. The van der Waals surface area contributed by atoms with E-state index in [2.05, 4.69) is 20.3 Å². The molecule has 1 aromatic heterocycles. The lowest BCUT2D eigenvalue weighted by molar-refractivity contribution is 0.262. The van der Waals surface area contributed by atoms with Gasteiger partial charge in [0.1, 0.15) is 0 Å². The van der Waals surface area contributed by atoms with Gasteiger partial charge in [0, 0.05) is 16.4 Å². The van der Waals surface area contributed by atoms with E-state index >= 15 is 0 Å². The number of rotatable bonds is 4. The van der Waals surface area contributed by atoms with E-state index in [1.807, 2.05) is 13.0 Å². The maximum absolute atomic E-state index is 12.1. The lowest BCUT2D eigenvalue weighted by Gasteiger charge is -2.08. The summed E-state index contributed by atoms with van der Waals surface area (Å²) < 4.78 is 25.7. The quantitative estimate of drug-likeness (QED) is 0.597. The predicted molar refractivity (Wildman–Crippen MR) is 107 cm³/mol. The van der Waals surface area contributed by atoms with Crippen LogP contribution in [0.5, 0.6) is 0 Å². The number of sulfonamides is 1. The van der Waals surface area contributed by atoms with Crippen LogP contribution in [0.1, 0.15) is 5.56 Å². The fourth-order valence-electron chi connectivity index (χ4n) is 2.17. The standard InChI is InChI=1S/C16H15ClN4O3S2/c1-9-3-4-10(7-12(9)17)18-15(22)19-11-5-6-13-14(8-11)25-16(20-13)21-26(2,23)24/h3-8H,1-2H3,(H,20,21)(H2,18,19,22). The SMILES string of the molecule is Cc1ccc(NC(=O)Nc2ccc3nc(NS(C)(=O)=O)sc3c2)cc1Cl. The maximum Gasteiger partial charge on any atom is 0.323 e. The molecular weight excluding hydrogens is 396 g/mol. The summed E-state index contributed by atoms with van der Waals surface area (Å²) in [6.45, 7) is 1.88. The molecular formula is C16H15ClN4O3S2. The Kier molecular flexibility index (Phi) is 5.03. The molecule has 0 aliphatic carbocycles. The highest BCUT2D eigenvalue weighted by atomic mass is 35.5. The van der Waals surface area contributed by atoms with E-state index in [1.54, 1.807) is 30.3 Å². The molecule has 0 bridgehead atoms. The molecule has 0 saturated heterocycles. The third-order valence-corrected chi connectivity index (χ3v) is 5.38. The summed E-state index contributed by atoms with van der Waals surface area (Å²) >= 11 is 7.23. The molecule has 0 aliphatic heterocycles. The van der Waals surface area contributed by atoms with Gasteiger partial charge in [0.15, 0.2) is 5.13 Å². The maximum atomic E-state index is 12.1. The zero-order valence-corrected chi connectivity index (χ0v) is 16.2. The van der Waals surface area contributed by atoms with Crippen LogP contribution in [0.3, 0.4) is 0 Å². The monoisotopic (exact) mass is 410 g/mol. The van der Waals surface area contributed by atoms with Gasteiger partial charge in [0.05, 0.1) is 16.5 Å². The minimum absolute atomic E-state index is 0.276. The number of nitrogens with one attached hydrogen (secondary N) is 3. The first-order chi connectivity index (χ1) is 12.2. The topological polar surface area (TPSA) is 100 Å². The molecule has 0 spiro atoms. The smallest absolute Gasteiger partial charge is 0.308 e. The third-order valence-electron chi connectivity index (χ3n) is 3.35. The van der Waals surface area contributed by atoms with Crippen LogP contribution in [-0.4, -0.2) is 25.7 Å². The molecule has 7 nitrogen and oxygen atoms in total. The first-order valence-corrected chi connectivity index (χ1v) is 10.5. The van der Waals surface area contributed by atoms with Gasteiger partial charge in [-0.15, -0.1) is 0 Å². The van der Waals surface area contributed by atoms with E-state index in [0.29, 0.717) is 21.9 Å². The molecule has 26 heavy (non-hydrogen) atoms. The van der Waals surface area contributed by atoms with Crippen molar-refractivity contribution in [3.05, 3.63) is 47.0 Å². The van der Waals surface area contributed by atoms with Crippen molar-refractivity contribution < 1.29 is 13.2 Å². The number of fused-ring (bicyclic) bond motifs is 1. The summed E-state index contributed by atoms with van der Waals surface area (Å²) in [5.41, 5.74) is 2.70. The lowest BCUT2D eigenvalue weighted by atomic mass is 10.2. The normalized spacial score (nSPS) is 11.3. The number of carbonyl (C=O) groups is 1. The molecule has 0 atom stereocenters. The van der Waals surface area contributed by atoms with Gasteiger partial charge in [-0.25, -0.2) is 18.2 Å². The number of hydrogen-bond donors (Lipinski definition) is 3. The Labute approximate surface area is 159 Å². The van der Waals surface area contributed by atoms with E-state index in [9.17, 15) is 13.2 Å². The molecule has 0 radical (unpaired) electrons. The Hall–Kier alpha value is -2.36. The summed E-state index contributed by atoms with van der Waals surface area (Å²) in [7, 11) is -3.39. The highest BCUT2D eigenvalue weighted by molar-refractivity contribution is 7.92. The number of amides is 2. The van der Waals surface area contributed by atoms with Gasteiger partial charge >= 0.3 is 6.03 Å². The Balaban J connectivity index is 1.73. The van der Waals surface area contributed by atoms with Crippen LogP contribution in [0, 0.1) is 6.92 Å². The van der Waals surface area contributed by atoms with Crippen molar-refractivity contribution in [3.63, 3.8) is 0 Å². The van der Waals surface area contributed by atoms with Gasteiger partial charge in [-0.2, -0.15) is 0 Å². The van der Waals surface area contributed by atoms with Crippen molar-refractivity contribution in [1.82, 2.24) is 4.98 Å². The van der Waals surface area contributed by atoms with Crippen molar-refractivity contribution in [3.8, 4) is 0 Å². The summed E-state index contributed by atoms with van der Waals surface area (Å²) in [6, 6.07) is 9.96. The summed E-state index contributed by atoms with van der Waals surface area (Å²) in [5, 5.41) is 6.27. The molecule has 0 unspecified atom stereocenters. The minimum atomic E-state index is -3.39. The number of nitrogens with zero attached hydrogens (tertiary/aromatic N) is 1. The van der Waals surface area contributed by atoms with Gasteiger partial charge < -0.3 is 10.6 Å². The number of benzene rings is 2. The Morgan fingerprint density at radius 3 is 2.42 bits per heavy atom. The molecule has 3 N–H and O–H groups in total. The largest absolute Gasteiger partial charge is 0.323 e. The van der Waals surface area contributed by atoms with E-state index in [4.69, 9.17) is 11.6 Å². The molecule has 0 aliphatic rings. The first kappa shape index (κ1) is 18.4. The highest BCUT2D eigenvalue weighted by Gasteiger charge is 2.10. The van der Waals surface area contributed by atoms with Crippen LogP contribution < -0.4 is 15.4 Å². The number of anilines is 3. The Bertz CT molecular complexity index is 1100. The predicted octanol–water partition coefficient (Wildman–Crippen LogP) is 4.27. The number of halogens is 1. The van der Waals surface area contributed by atoms with E-state index in [-0.39, 0.29) is 5.13 Å². The second-order valence-electron chi connectivity index (χ2n) is 5.62. The first-order valence-electron chi connectivity index (χ1n) is 7.42. The van der Waals surface area contributed by atoms with Gasteiger partial charge in [-0.3, -0.25) is 4.72 Å². The van der Waals surface area contributed by atoms with Crippen molar-refractivity contribution in [2.45, 2.75) is 6.92 Å². The number of carbonyl (C=O) groups excluding carboxylic acids is 1. The molecule has 136 valence electrons. The van der Waals surface area contributed by atoms with Crippen LogP contribution in [0.4, 0.5) is 21.3 Å². The summed E-state index contributed by atoms with van der Waals surface area (Å²) in [4.78, 5) is 16.3. The van der Waals surface area contributed by atoms with Crippen LogP contribution in [0.25, 0.3) is 10.2 Å². The van der Waals surface area contributed by atoms with Crippen molar-refractivity contribution >= 4 is 65.7 Å². The summed E-state index contributed by atoms with van der Waals surface area (Å²) in [6.07, 6.45) is 1.06. The zero-order valence-electron chi connectivity index (χ0n) is 13.8. The fourth-order valence-corrected chi connectivity index (χ4v) is 4.09. The van der Waals surface area contributed by atoms with Gasteiger partial charge in [-0.05, 0) is 42.8 Å². The Morgan fingerprint density at radius 2 is 1.77 bits per heavy atom. The third kappa shape index (κ3) is 4.63. The summed E-state index contributed by atoms with van der Waals surface area (Å²) in [5.74, 6) is 0. The van der Waals surface area contributed by atoms with Crippen LogP contribution in [0.15, 0.2) is 36.4 Å². The van der Waals surface area contributed by atoms with E-state index in [0.717, 1.165) is 16.5 Å². The molecule has 2 amide bonds. The minimum Gasteiger partial charge on any atom is -0.308 e. The van der Waals surface area contributed by atoms with Crippen LogP contribution >= 0.6 is 22.9 Å². The Morgan fingerprint density at radius 1 is 1.12 bits per heavy atom. The van der Waals surface area contributed by atoms with Crippen molar-refractivity contribution in [2.24, 2.45) is 0 Å². The second-order valence-corrected chi connectivity index (χ2v) is 8.81. The van der Waals surface area contributed by atoms with E-state index < -0.39 is 16.1 Å². The second kappa shape index (κ2) is 7.10. The van der Waals surface area contributed by atoms with Crippen LogP contribution in [0.2, 0.25) is 5.02 Å². The van der Waals surface area contributed by atoms with Gasteiger partial charge in [-0.1, -0.05) is 29.0 Å². The van der Waals surface area contributed by atoms with Gasteiger partial charge in [0.2, 0.25) is 10.0 Å². The van der Waals surface area contributed by atoms with Crippen molar-refractivity contribution in [2.75, 3.05) is 21.6 Å². The lowest BCUT2D eigenvalue weighted by Crippen LogP contribution is -2.19. The number of aromatic nitrogens is 1. The number of urea groups is 1. The molecule has 10 heteroatoms. The average molecular weight is 411 g/mol. The number of thiazole rings is 1. The molecule has 0 fully saturated rings. The number of hydrogen-bond acceptors (Lipinski definition) is 5. The zero-order chi connectivity index (χ0) is 18.9. The molecule has 0 saturated carbocycles. The number of aryl methyl sites for hydroxylation is 1. The van der Waals surface area contributed by atoms with Crippen molar-refractivity contribution in [1.29, 1.82) is 0 Å². The molecule has 1 heterocycles. The van der Waals surface area contributed by atoms with Crippen LogP contribution in [-0.2, 0) is 10.0 Å². The fraction of sp³-hybridized carbons (Fsp3) is 0.125.